The van der Waals surface area contributed by atoms with Gasteiger partial charge in [-0.2, -0.15) is 0 Å². The van der Waals surface area contributed by atoms with Crippen molar-refractivity contribution in [1.29, 1.82) is 0 Å². The molecule has 25 heavy (non-hydrogen) atoms. The molecule has 1 fully saturated rings. The van der Waals surface area contributed by atoms with Crippen LogP contribution in [0.3, 0.4) is 0 Å². The summed E-state index contributed by atoms with van der Waals surface area (Å²) in [6.45, 7) is 4.90. The van der Waals surface area contributed by atoms with E-state index in [2.05, 4.69) is 33.8 Å². The van der Waals surface area contributed by atoms with E-state index in [1.54, 1.807) is 0 Å². The van der Waals surface area contributed by atoms with Gasteiger partial charge in [-0.15, -0.1) is 10.2 Å². The van der Waals surface area contributed by atoms with Crippen LogP contribution in [0, 0.1) is 0 Å². The van der Waals surface area contributed by atoms with Crippen LogP contribution in [0.4, 0.5) is 0 Å². The highest BCUT2D eigenvalue weighted by atomic mass is 32.2. The van der Waals surface area contributed by atoms with Crippen LogP contribution in [0.1, 0.15) is 44.0 Å². The van der Waals surface area contributed by atoms with E-state index >= 15 is 0 Å². The summed E-state index contributed by atoms with van der Waals surface area (Å²) in [5, 5.41) is 9.64. The Morgan fingerprint density at radius 3 is 2.64 bits per heavy atom. The summed E-state index contributed by atoms with van der Waals surface area (Å²) >= 11 is 1.52. The van der Waals surface area contributed by atoms with E-state index in [0.29, 0.717) is 5.75 Å². The maximum absolute atomic E-state index is 12.3. The maximum atomic E-state index is 12.3. The monoisotopic (exact) mass is 358 g/mol. The summed E-state index contributed by atoms with van der Waals surface area (Å²) in [6, 6.07) is 10.3. The van der Waals surface area contributed by atoms with E-state index < -0.39 is 0 Å². The molecule has 0 aliphatic carbocycles. The fraction of sp³-hybridized carbons (Fsp3) is 0.526. The average Bonchev–Trinajstić information content (AvgIpc) is 3.29. The molecule has 0 bridgehead atoms. The maximum Gasteiger partial charge on any atom is 0.233 e. The largest absolute Gasteiger partial charge is 0.342 e. The number of nitrogens with zero attached hydrogens (tertiary/aromatic N) is 4. The molecule has 2 aromatic rings. The third-order valence-corrected chi connectivity index (χ3v) is 5.47. The number of thioether (sulfide) groups is 1. The second-order valence-corrected chi connectivity index (χ2v) is 7.39. The quantitative estimate of drug-likeness (QED) is 0.679. The van der Waals surface area contributed by atoms with Crippen LogP contribution in [0.2, 0.25) is 0 Å². The van der Waals surface area contributed by atoms with E-state index in [9.17, 15) is 4.79 Å². The molecule has 2 heterocycles. The van der Waals surface area contributed by atoms with Gasteiger partial charge in [-0.1, -0.05) is 55.4 Å². The number of likely N-dealkylation sites (tertiary alicyclic amines) is 1. The topological polar surface area (TPSA) is 51.0 Å². The Hall–Kier alpha value is -1.82. The normalized spacial score (nSPS) is 14.2. The van der Waals surface area contributed by atoms with Crippen LogP contribution < -0.4 is 0 Å². The molecule has 1 aromatic heterocycles. The molecule has 5 nitrogen and oxygen atoms in total. The van der Waals surface area contributed by atoms with Gasteiger partial charge in [0.05, 0.1) is 5.75 Å². The second kappa shape index (κ2) is 9.04. The first-order valence-corrected chi connectivity index (χ1v) is 10.1. The third kappa shape index (κ3) is 4.84. The van der Waals surface area contributed by atoms with Gasteiger partial charge in [0.25, 0.3) is 0 Å². The van der Waals surface area contributed by atoms with E-state index in [-0.39, 0.29) is 5.91 Å². The summed E-state index contributed by atoms with van der Waals surface area (Å²) in [5.41, 5.74) is 1.23. The van der Waals surface area contributed by atoms with Gasteiger partial charge >= 0.3 is 0 Å². The summed E-state index contributed by atoms with van der Waals surface area (Å²) in [7, 11) is 0. The Morgan fingerprint density at radius 2 is 1.92 bits per heavy atom. The highest BCUT2D eigenvalue weighted by Crippen LogP contribution is 2.21. The van der Waals surface area contributed by atoms with Crippen molar-refractivity contribution in [2.75, 3.05) is 18.8 Å². The van der Waals surface area contributed by atoms with Gasteiger partial charge in [-0.3, -0.25) is 4.79 Å². The first kappa shape index (κ1) is 18.0. The molecule has 1 aliphatic heterocycles. The van der Waals surface area contributed by atoms with Gasteiger partial charge < -0.3 is 9.47 Å². The predicted molar refractivity (Wildman–Crippen MR) is 101 cm³/mol. The van der Waals surface area contributed by atoms with Gasteiger partial charge in [0.1, 0.15) is 5.82 Å². The van der Waals surface area contributed by atoms with Crippen LogP contribution in [-0.2, 0) is 17.8 Å². The molecule has 1 saturated heterocycles. The van der Waals surface area contributed by atoms with Crippen LogP contribution in [0.5, 0.6) is 0 Å². The number of hydrogen-bond donors (Lipinski definition) is 0. The Balaban J connectivity index is 1.68. The molecule has 0 saturated carbocycles. The molecular weight excluding hydrogens is 332 g/mol. The predicted octanol–water partition coefficient (Wildman–Crippen LogP) is 3.38. The summed E-state index contributed by atoms with van der Waals surface area (Å²) in [4.78, 5) is 14.3. The molecule has 134 valence electrons. The fourth-order valence-corrected chi connectivity index (χ4v) is 3.95. The van der Waals surface area contributed by atoms with Crippen molar-refractivity contribution in [2.24, 2.45) is 0 Å². The zero-order valence-corrected chi connectivity index (χ0v) is 15.7. The van der Waals surface area contributed by atoms with Crippen molar-refractivity contribution in [3.63, 3.8) is 0 Å². The highest BCUT2D eigenvalue weighted by molar-refractivity contribution is 7.99. The molecule has 0 unspecified atom stereocenters. The minimum Gasteiger partial charge on any atom is -0.342 e. The van der Waals surface area contributed by atoms with Gasteiger partial charge in [0.2, 0.25) is 5.91 Å². The molecule has 0 atom stereocenters. The number of aromatic nitrogens is 3. The lowest BCUT2D eigenvalue weighted by Crippen LogP contribution is -2.29. The van der Waals surface area contributed by atoms with Gasteiger partial charge in [0.15, 0.2) is 5.16 Å². The average molecular weight is 359 g/mol. The molecule has 0 spiro atoms. The lowest BCUT2D eigenvalue weighted by Gasteiger charge is -2.15. The lowest BCUT2D eigenvalue weighted by atomic mass is 10.1. The summed E-state index contributed by atoms with van der Waals surface area (Å²) in [5.74, 6) is 1.66. The van der Waals surface area contributed by atoms with Crippen molar-refractivity contribution in [1.82, 2.24) is 19.7 Å². The summed E-state index contributed by atoms with van der Waals surface area (Å²) in [6.07, 6.45) is 5.25. The smallest absolute Gasteiger partial charge is 0.233 e. The zero-order chi connectivity index (χ0) is 17.5. The number of amides is 1. The molecule has 1 amide bonds. The Labute approximate surface area is 153 Å². The van der Waals surface area contributed by atoms with E-state index in [1.807, 2.05) is 23.1 Å². The SMILES string of the molecule is CCCCn1c(Cc2ccccc2)nnc1SCC(=O)N1CCCC1. The first-order valence-electron chi connectivity index (χ1n) is 9.14. The third-order valence-electron chi connectivity index (χ3n) is 4.52. The van der Waals surface area contributed by atoms with Crippen LogP contribution in [-0.4, -0.2) is 44.4 Å². The van der Waals surface area contributed by atoms with Gasteiger partial charge in [0, 0.05) is 26.1 Å². The molecule has 1 aromatic carbocycles. The van der Waals surface area contributed by atoms with Crippen molar-refractivity contribution >= 4 is 17.7 Å². The molecular formula is C19H26N4OS. The Bertz CT molecular complexity index is 680. The van der Waals surface area contributed by atoms with Crippen LogP contribution >= 0.6 is 11.8 Å². The van der Waals surface area contributed by atoms with Gasteiger partial charge in [-0.25, -0.2) is 0 Å². The minimum atomic E-state index is 0.220. The standard InChI is InChI=1S/C19H26N4OS/c1-2-3-13-23-17(14-16-9-5-4-6-10-16)20-21-19(23)25-15-18(24)22-11-7-8-12-22/h4-6,9-10H,2-3,7-8,11-15H2,1H3. The van der Waals surface area contributed by atoms with Crippen LogP contribution in [0.25, 0.3) is 0 Å². The van der Waals surface area contributed by atoms with Gasteiger partial charge in [-0.05, 0) is 24.8 Å². The molecule has 0 N–H and O–H groups in total. The number of carbonyl (C=O) groups is 1. The molecule has 6 heteroatoms. The molecule has 1 aliphatic rings. The van der Waals surface area contributed by atoms with E-state index in [4.69, 9.17) is 0 Å². The zero-order valence-electron chi connectivity index (χ0n) is 14.9. The van der Waals surface area contributed by atoms with Crippen molar-refractivity contribution < 1.29 is 4.79 Å². The molecule has 3 rings (SSSR count). The Morgan fingerprint density at radius 1 is 1.16 bits per heavy atom. The highest BCUT2D eigenvalue weighted by Gasteiger charge is 2.20. The fourth-order valence-electron chi connectivity index (χ4n) is 3.06. The number of benzene rings is 1. The van der Waals surface area contributed by atoms with Crippen molar-refractivity contribution in [3.8, 4) is 0 Å². The number of carbonyl (C=O) groups excluding carboxylic acids is 1. The van der Waals surface area contributed by atoms with Crippen molar-refractivity contribution in [3.05, 3.63) is 41.7 Å². The first-order chi connectivity index (χ1) is 12.3. The lowest BCUT2D eigenvalue weighted by molar-refractivity contribution is -0.127. The molecule has 0 radical (unpaired) electrons. The van der Waals surface area contributed by atoms with Crippen molar-refractivity contribution in [2.45, 2.75) is 50.7 Å². The van der Waals surface area contributed by atoms with E-state index in [1.165, 1.54) is 17.3 Å². The van der Waals surface area contributed by atoms with E-state index in [0.717, 1.165) is 62.7 Å². The number of hydrogen-bond acceptors (Lipinski definition) is 4. The Kier molecular flexibility index (Phi) is 6.50. The van der Waals surface area contributed by atoms with Crippen LogP contribution in [0.15, 0.2) is 35.5 Å². The number of unbranched alkanes of at least 4 members (excludes halogenated alkanes) is 1. The summed E-state index contributed by atoms with van der Waals surface area (Å²) < 4.78 is 2.19. The number of rotatable bonds is 8. The minimum absolute atomic E-state index is 0.220. The second-order valence-electron chi connectivity index (χ2n) is 6.44.